The molecule has 0 saturated carbocycles. The number of para-hydroxylation sites is 2. The molecule has 1 aliphatic carbocycles. The summed E-state index contributed by atoms with van der Waals surface area (Å²) in [5.41, 5.74) is 17.7. The van der Waals surface area contributed by atoms with Crippen molar-refractivity contribution in [2.75, 3.05) is 16.5 Å². The number of ether oxygens (including phenoxy) is 1. The van der Waals surface area contributed by atoms with Crippen LogP contribution in [0.4, 0.5) is 22.7 Å². The van der Waals surface area contributed by atoms with Crippen LogP contribution in [0.1, 0.15) is 129 Å². The molecule has 85 heavy (non-hydrogen) atoms. The molecule has 0 N–H and O–H groups in total. The van der Waals surface area contributed by atoms with E-state index in [1.807, 2.05) is 12.3 Å². The van der Waals surface area contributed by atoms with Crippen LogP contribution in [0.25, 0.3) is 45.1 Å². The predicted octanol–water partition coefficient (Wildman–Crippen LogP) is 17.2. The van der Waals surface area contributed by atoms with Crippen LogP contribution >= 0.6 is 7.92 Å². The Morgan fingerprint density at radius 1 is 0.553 bits per heavy atom. The number of nitrogens with zero attached hydrogens (tertiary/aromatic N) is 4. The van der Waals surface area contributed by atoms with Gasteiger partial charge in [0.05, 0.1) is 0 Å². The molecule has 0 fully saturated rings. The topological polar surface area (TPSA) is 33.5 Å². The minimum Gasteiger partial charge on any atom is -0.509 e. The SMILES string of the molecule is CP1c2ccccc2[Si]2(c3ccccc31)c1cc(Oc3[c-]c(N4[CH-]N(c5c(-c6ccccc6)cc(C(C)(C)C)cc5-c5cc(C(C)(C)C)cc(C(C)(C)C)c5)c5ccccc54)ccc3)[c-]c3c1c1c(n3-c3cc(C(C)(C)C)ccn3)C=CCC12.[Pt]. The summed E-state index contributed by atoms with van der Waals surface area (Å²) >= 11 is 0. The number of rotatable bonds is 7. The molecule has 14 rings (SSSR count). The first-order chi connectivity index (χ1) is 40.1. The van der Waals surface area contributed by atoms with E-state index in [4.69, 9.17) is 9.72 Å². The third-order valence-corrected chi connectivity index (χ3v) is 26.4. The van der Waals surface area contributed by atoms with Crippen LogP contribution in [0.3, 0.4) is 0 Å². The smallest absolute Gasteiger partial charge is 0.135 e. The van der Waals surface area contributed by atoms with Gasteiger partial charge in [0.15, 0.2) is 0 Å². The van der Waals surface area contributed by atoms with Crippen molar-refractivity contribution in [3.8, 4) is 39.6 Å². The molecular formula is C77H74N4OPPtSi-3. The standard InChI is InChI=1S/C77H74N4OPSi.Pt/c1-74(2,3)51-37-38-78-70(44-51)81-62-31-24-36-68-71(62)72-63(81)46-57(47-69(72)84(68)66-34-21-19-32-64(66)83(13)65-33-20-22-35-67(65)84)82-56-28-23-27-55(45-56)79-48-80(61-30-18-17-29-60(61)79)73-58(49-25-15-14-16-26-49)42-54(77(10,11)12)43-59(73)50-39-52(75(4,5)6)41-53(40-50)76(7,8)9;/h14-35,37-44,47-48,68H,36H2,1-13H3;/q-3;. The first-order valence-electron chi connectivity index (χ1n) is 29.9. The summed E-state index contributed by atoms with van der Waals surface area (Å²) in [6.07, 6.45) is 7.75. The number of benzene rings is 8. The Kier molecular flexibility index (Phi) is 13.8. The van der Waals surface area contributed by atoms with Crippen LogP contribution in [0.5, 0.6) is 11.5 Å². The monoisotopic (exact) mass is 1320 g/mol. The van der Waals surface area contributed by atoms with Crippen LogP contribution in [0.2, 0.25) is 0 Å². The number of hydrogen-bond donors (Lipinski definition) is 0. The number of aromatic nitrogens is 2. The fraction of sp³-hybridized carbons (Fsp3) is 0.247. The molecule has 0 saturated heterocycles. The Balaban J connectivity index is 0.00000672. The largest absolute Gasteiger partial charge is 0.509 e. The number of pyridine rings is 1. The maximum Gasteiger partial charge on any atom is 0.135 e. The predicted molar refractivity (Wildman–Crippen MR) is 358 cm³/mol. The maximum absolute atomic E-state index is 7.33. The summed E-state index contributed by atoms with van der Waals surface area (Å²) in [5, 5.41) is 8.83. The summed E-state index contributed by atoms with van der Waals surface area (Å²) in [7, 11) is -3.33. The number of allylic oxidation sites excluding steroid dienone is 1. The molecule has 0 bridgehead atoms. The van der Waals surface area contributed by atoms with Gasteiger partial charge in [0, 0.05) is 72.6 Å². The van der Waals surface area contributed by atoms with Crippen molar-refractivity contribution in [2.45, 2.75) is 117 Å². The fourth-order valence-corrected chi connectivity index (χ4v) is 23.6. The van der Waals surface area contributed by atoms with Crippen LogP contribution in [0.15, 0.2) is 182 Å². The second kappa shape index (κ2) is 20.5. The van der Waals surface area contributed by atoms with Gasteiger partial charge in [0.2, 0.25) is 0 Å². The second-order valence-corrected chi connectivity index (χ2v) is 33.8. The minimum atomic E-state index is -2.79. The van der Waals surface area contributed by atoms with Gasteiger partial charge in [-0.25, -0.2) is 4.98 Å². The Bertz CT molecular complexity index is 4260. The minimum absolute atomic E-state index is 0. The van der Waals surface area contributed by atoms with Crippen molar-refractivity contribution < 1.29 is 25.8 Å². The average Bonchev–Trinajstić information content (AvgIpc) is 1.53. The molecule has 0 amide bonds. The average molecular weight is 1330 g/mol. The third-order valence-electron chi connectivity index (χ3n) is 18.3. The van der Waals surface area contributed by atoms with Crippen LogP contribution < -0.4 is 40.7 Å². The molecule has 5 nitrogen and oxygen atoms in total. The van der Waals surface area contributed by atoms with E-state index in [0.717, 1.165) is 40.5 Å². The summed E-state index contributed by atoms with van der Waals surface area (Å²) in [6.45, 7) is 32.5. The number of fused-ring (bicyclic) bond motifs is 7. The second-order valence-electron chi connectivity index (χ2n) is 27.8. The Labute approximate surface area is 520 Å². The van der Waals surface area contributed by atoms with E-state index in [0.29, 0.717) is 11.5 Å². The summed E-state index contributed by atoms with van der Waals surface area (Å²) in [5.74, 6) is 2.21. The molecule has 1 atom stereocenters. The first-order valence-corrected chi connectivity index (χ1v) is 33.8. The summed E-state index contributed by atoms with van der Waals surface area (Å²) in [4.78, 5) is 9.87. The van der Waals surface area contributed by atoms with E-state index in [9.17, 15) is 0 Å². The number of hydrogen-bond acceptors (Lipinski definition) is 4. The van der Waals surface area contributed by atoms with E-state index in [1.54, 1.807) is 10.4 Å². The van der Waals surface area contributed by atoms with Gasteiger partial charge in [-0.15, -0.1) is 53.3 Å². The van der Waals surface area contributed by atoms with E-state index in [-0.39, 0.29) is 48.3 Å². The first kappa shape index (κ1) is 57.0. The Morgan fingerprint density at radius 3 is 1.76 bits per heavy atom. The molecule has 10 aromatic rings. The molecule has 2 aromatic heterocycles. The Hall–Kier alpha value is -7.07. The van der Waals surface area contributed by atoms with Gasteiger partial charge in [0.25, 0.3) is 0 Å². The van der Waals surface area contributed by atoms with Gasteiger partial charge in [-0.05, 0) is 145 Å². The van der Waals surface area contributed by atoms with Crippen LogP contribution in [0, 0.1) is 18.8 Å². The van der Waals surface area contributed by atoms with Crippen LogP contribution in [-0.4, -0.2) is 24.3 Å². The normalized spacial score (nSPS) is 17.7. The zero-order valence-corrected chi connectivity index (χ0v) is 55.4. The Morgan fingerprint density at radius 2 is 1.13 bits per heavy atom. The van der Waals surface area contributed by atoms with Gasteiger partial charge in [-0.1, -0.05) is 209 Å². The summed E-state index contributed by atoms with van der Waals surface area (Å²) in [6, 6.07) is 71.8. The van der Waals surface area contributed by atoms with Crippen LogP contribution in [-0.2, 0) is 42.7 Å². The van der Waals surface area contributed by atoms with Gasteiger partial charge >= 0.3 is 0 Å². The van der Waals surface area contributed by atoms with Gasteiger partial charge in [0.1, 0.15) is 13.9 Å². The van der Waals surface area contributed by atoms with Crippen molar-refractivity contribution in [3.63, 3.8) is 0 Å². The van der Waals surface area contributed by atoms with Crippen molar-refractivity contribution in [1.82, 2.24) is 9.55 Å². The molecule has 4 aliphatic rings. The van der Waals surface area contributed by atoms with E-state index < -0.39 is 16.0 Å². The third kappa shape index (κ3) is 9.26. The van der Waals surface area contributed by atoms with Gasteiger partial charge in [-0.3, -0.25) is 0 Å². The van der Waals surface area contributed by atoms with E-state index in [2.05, 4.69) is 299 Å². The van der Waals surface area contributed by atoms with Crippen molar-refractivity contribution in [3.05, 3.63) is 234 Å². The molecule has 0 radical (unpaired) electrons. The molecule has 3 aliphatic heterocycles. The maximum atomic E-state index is 7.33. The van der Waals surface area contributed by atoms with Crippen molar-refractivity contribution in [2.24, 2.45) is 0 Å². The molecule has 430 valence electrons. The van der Waals surface area contributed by atoms with Crippen molar-refractivity contribution in [1.29, 1.82) is 0 Å². The fourth-order valence-electron chi connectivity index (χ4n) is 13.9. The van der Waals surface area contributed by atoms with Crippen molar-refractivity contribution >= 4 is 81.9 Å². The van der Waals surface area contributed by atoms with Gasteiger partial charge in [-0.2, -0.15) is 6.07 Å². The molecule has 8 aromatic carbocycles. The van der Waals surface area contributed by atoms with E-state index in [1.165, 1.54) is 76.9 Å². The quantitative estimate of drug-likeness (QED) is 0.0905. The van der Waals surface area contributed by atoms with Gasteiger partial charge < -0.3 is 19.1 Å². The zero-order chi connectivity index (χ0) is 58.4. The van der Waals surface area contributed by atoms with E-state index >= 15 is 0 Å². The number of anilines is 4. The molecular weight excluding hydrogens is 1250 g/mol. The zero-order valence-electron chi connectivity index (χ0n) is 51.2. The molecule has 8 heteroatoms. The molecule has 5 heterocycles. The molecule has 1 unspecified atom stereocenters. The molecule has 1 spiro atoms. The summed E-state index contributed by atoms with van der Waals surface area (Å²) < 4.78 is 9.72.